The second-order valence-corrected chi connectivity index (χ2v) is 5.84. The minimum atomic E-state index is -0.805. The molecule has 0 fully saturated rings. The number of halogens is 3. The fraction of sp³-hybridized carbons (Fsp3) is 0.286. The molecule has 1 atom stereocenters. The van der Waals surface area contributed by atoms with E-state index in [4.69, 9.17) is 0 Å². The highest BCUT2D eigenvalue weighted by Crippen LogP contribution is 2.29. The van der Waals surface area contributed by atoms with Crippen molar-refractivity contribution in [3.63, 3.8) is 0 Å². The van der Waals surface area contributed by atoms with Gasteiger partial charge in [-0.2, -0.15) is 11.3 Å². The number of rotatable bonds is 5. The first-order valence-electron chi connectivity index (χ1n) is 6.00. The van der Waals surface area contributed by atoms with E-state index in [9.17, 15) is 8.78 Å². The van der Waals surface area contributed by atoms with Crippen molar-refractivity contribution >= 4 is 27.3 Å². The Morgan fingerprint density at radius 3 is 2.63 bits per heavy atom. The van der Waals surface area contributed by atoms with Gasteiger partial charge in [0.05, 0.1) is 0 Å². The van der Waals surface area contributed by atoms with Gasteiger partial charge in [-0.05, 0) is 57.5 Å². The topological polar surface area (TPSA) is 12.0 Å². The minimum Gasteiger partial charge on any atom is -0.310 e. The summed E-state index contributed by atoms with van der Waals surface area (Å²) in [6.07, 6.45) is 0.625. The fourth-order valence-corrected chi connectivity index (χ4v) is 3.61. The van der Waals surface area contributed by atoms with Gasteiger partial charge in [0, 0.05) is 15.9 Å². The number of thiophene rings is 1. The molecule has 0 amide bonds. The predicted octanol–water partition coefficient (Wildman–Crippen LogP) is 4.68. The van der Waals surface area contributed by atoms with Crippen LogP contribution in [0.25, 0.3) is 0 Å². The molecule has 1 unspecified atom stereocenters. The van der Waals surface area contributed by atoms with E-state index in [1.165, 1.54) is 12.1 Å². The Kier molecular flexibility index (Phi) is 5.07. The Hall–Kier alpha value is -0.780. The molecule has 0 saturated carbocycles. The summed E-state index contributed by atoms with van der Waals surface area (Å²) in [4.78, 5) is 0. The van der Waals surface area contributed by atoms with Crippen molar-refractivity contribution in [3.8, 4) is 0 Å². The van der Waals surface area contributed by atoms with Crippen LogP contribution in [0, 0.1) is 11.6 Å². The van der Waals surface area contributed by atoms with E-state index in [1.807, 2.05) is 12.3 Å². The molecule has 0 aliphatic carbocycles. The van der Waals surface area contributed by atoms with Gasteiger partial charge < -0.3 is 5.32 Å². The number of likely N-dealkylation sites (N-methyl/N-ethyl adjacent to an activating group) is 1. The summed E-state index contributed by atoms with van der Waals surface area (Å²) >= 11 is 5.13. The summed E-state index contributed by atoms with van der Waals surface area (Å²) in [5.41, 5.74) is 1.93. The Balaban J connectivity index is 2.21. The molecule has 0 aliphatic rings. The molecule has 1 N–H and O–H groups in total. The van der Waals surface area contributed by atoms with Crippen molar-refractivity contribution in [1.82, 2.24) is 5.32 Å². The SMILES string of the molecule is CCNC(Cc1ccc(F)c(F)c1)c1cscc1Br. The third kappa shape index (κ3) is 3.61. The first kappa shape index (κ1) is 14.6. The molecular weight excluding hydrogens is 332 g/mol. The molecule has 0 bridgehead atoms. The maximum absolute atomic E-state index is 13.2. The van der Waals surface area contributed by atoms with E-state index in [-0.39, 0.29) is 6.04 Å². The molecule has 1 aromatic carbocycles. The third-order valence-electron chi connectivity index (χ3n) is 2.89. The Bertz CT molecular complexity index is 556. The van der Waals surface area contributed by atoms with Crippen LogP contribution in [0.1, 0.15) is 24.1 Å². The summed E-state index contributed by atoms with van der Waals surface area (Å²) in [7, 11) is 0. The van der Waals surface area contributed by atoms with Crippen LogP contribution in [-0.2, 0) is 6.42 Å². The van der Waals surface area contributed by atoms with Crippen molar-refractivity contribution in [2.75, 3.05) is 6.54 Å². The maximum Gasteiger partial charge on any atom is 0.159 e. The number of nitrogens with one attached hydrogen (secondary N) is 1. The lowest BCUT2D eigenvalue weighted by atomic mass is 10.0. The van der Waals surface area contributed by atoms with Crippen LogP contribution in [0.15, 0.2) is 33.4 Å². The van der Waals surface area contributed by atoms with Crippen LogP contribution in [0.2, 0.25) is 0 Å². The normalized spacial score (nSPS) is 12.6. The lowest BCUT2D eigenvalue weighted by Crippen LogP contribution is -2.22. The zero-order valence-electron chi connectivity index (χ0n) is 10.4. The highest BCUT2D eigenvalue weighted by atomic mass is 79.9. The molecule has 102 valence electrons. The molecular formula is C14H14BrF2NS. The second kappa shape index (κ2) is 6.59. The van der Waals surface area contributed by atoms with Crippen LogP contribution in [-0.4, -0.2) is 6.54 Å². The van der Waals surface area contributed by atoms with Crippen LogP contribution in [0.3, 0.4) is 0 Å². The van der Waals surface area contributed by atoms with Crippen molar-refractivity contribution < 1.29 is 8.78 Å². The molecule has 5 heteroatoms. The van der Waals surface area contributed by atoms with Gasteiger partial charge in [-0.3, -0.25) is 0 Å². The van der Waals surface area contributed by atoms with Crippen LogP contribution in [0.4, 0.5) is 8.78 Å². The van der Waals surface area contributed by atoms with Gasteiger partial charge in [0.1, 0.15) is 0 Å². The molecule has 0 spiro atoms. The van der Waals surface area contributed by atoms with Crippen molar-refractivity contribution in [3.05, 3.63) is 56.2 Å². The first-order chi connectivity index (χ1) is 9.11. The molecule has 0 saturated heterocycles. The molecule has 0 aliphatic heterocycles. The fourth-order valence-electron chi connectivity index (χ4n) is 1.98. The van der Waals surface area contributed by atoms with Gasteiger partial charge in [0.2, 0.25) is 0 Å². The molecule has 2 rings (SSSR count). The Morgan fingerprint density at radius 1 is 1.26 bits per heavy atom. The van der Waals surface area contributed by atoms with E-state index in [1.54, 1.807) is 17.4 Å². The summed E-state index contributed by atoms with van der Waals surface area (Å²) in [6, 6.07) is 4.16. The van der Waals surface area contributed by atoms with Gasteiger partial charge in [0.25, 0.3) is 0 Å². The minimum absolute atomic E-state index is 0.0930. The summed E-state index contributed by atoms with van der Waals surface area (Å²) < 4.78 is 27.2. The number of hydrogen-bond acceptors (Lipinski definition) is 2. The van der Waals surface area contributed by atoms with Gasteiger partial charge in [0.15, 0.2) is 11.6 Å². The Labute approximate surface area is 123 Å². The standard InChI is InChI=1S/C14H14BrF2NS/c1-2-18-14(10-7-19-8-11(10)15)6-9-3-4-12(16)13(17)5-9/h3-5,7-8,14,18H,2,6H2,1H3. The van der Waals surface area contributed by atoms with Crippen molar-refractivity contribution in [2.45, 2.75) is 19.4 Å². The highest BCUT2D eigenvalue weighted by Gasteiger charge is 2.16. The summed E-state index contributed by atoms with van der Waals surface area (Å²) in [6.45, 7) is 2.84. The zero-order chi connectivity index (χ0) is 13.8. The van der Waals surface area contributed by atoms with Crippen molar-refractivity contribution in [1.29, 1.82) is 0 Å². The van der Waals surface area contributed by atoms with Crippen molar-refractivity contribution in [2.24, 2.45) is 0 Å². The number of benzene rings is 1. The second-order valence-electron chi connectivity index (χ2n) is 4.24. The molecule has 1 heterocycles. The summed E-state index contributed by atoms with van der Waals surface area (Å²) in [5.74, 6) is -1.60. The van der Waals surface area contributed by atoms with Gasteiger partial charge in [-0.15, -0.1) is 0 Å². The lowest BCUT2D eigenvalue weighted by Gasteiger charge is -2.18. The van der Waals surface area contributed by atoms with E-state index >= 15 is 0 Å². The molecule has 2 aromatic rings. The predicted molar refractivity (Wildman–Crippen MR) is 78.5 cm³/mol. The molecule has 19 heavy (non-hydrogen) atoms. The zero-order valence-corrected chi connectivity index (χ0v) is 12.8. The maximum atomic E-state index is 13.2. The van der Waals surface area contributed by atoms with Gasteiger partial charge in [-0.25, -0.2) is 8.78 Å². The largest absolute Gasteiger partial charge is 0.310 e. The highest BCUT2D eigenvalue weighted by molar-refractivity contribution is 9.10. The molecule has 0 radical (unpaired) electrons. The van der Waals surface area contributed by atoms with Crippen LogP contribution >= 0.6 is 27.3 Å². The third-order valence-corrected chi connectivity index (χ3v) is 4.64. The quantitative estimate of drug-likeness (QED) is 0.829. The van der Waals surface area contributed by atoms with Crippen LogP contribution < -0.4 is 5.32 Å². The monoisotopic (exact) mass is 345 g/mol. The summed E-state index contributed by atoms with van der Waals surface area (Å²) in [5, 5.41) is 7.45. The van der Waals surface area contributed by atoms with Gasteiger partial charge >= 0.3 is 0 Å². The van der Waals surface area contributed by atoms with E-state index in [0.29, 0.717) is 6.42 Å². The van der Waals surface area contributed by atoms with E-state index < -0.39 is 11.6 Å². The molecule has 1 aromatic heterocycles. The lowest BCUT2D eigenvalue weighted by molar-refractivity contribution is 0.502. The average molecular weight is 346 g/mol. The van der Waals surface area contributed by atoms with E-state index in [2.05, 4.69) is 26.6 Å². The Morgan fingerprint density at radius 2 is 2.05 bits per heavy atom. The molecule has 1 nitrogen and oxygen atoms in total. The number of hydrogen-bond donors (Lipinski definition) is 1. The van der Waals surface area contributed by atoms with Crippen LogP contribution in [0.5, 0.6) is 0 Å². The first-order valence-corrected chi connectivity index (χ1v) is 7.74. The van der Waals surface area contributed by atoms with E-state index in [0.717, 1.165) is 22.1 Å². The van der Waals surface area contributed by atoms with Gasteiger partial charge in [-0.1, -0.05) is 13.0 Å². The smallest absolute Gasteiger partial charge is 0.159 e. The average Bonchev–Trinajstić information content (AvgIpc) is 2.79.